The summed E-state index contributed by atoms with van der Waals surface area (Å²) in [4.78, 5) is 18.7. The van der Waals surface area contributed by atoms with Crippen LogP contribution in [0.3, 0.4) is 0 Å². The average Bonchev–Trinajstić information content (AvgIpc) is 3.16. The maximum absolute atomic E-state index is 12.2. The largest absolute Gasteiger partial charge is 0.497 e. The van der Waals surface area contributed by atoms with Gasteiger partial charge in [0.15, 0.2) is 0 Å². The molecule has 0 radical (unpaired) electrons. The minimum absolute atomic E-state index is 0.104. The van der Waals surface area contributed by atoms with E-state index in [1.54, 1.807) is 19.1 Å². The molecule has 162 valence electrons. The number of urea groups is 1. The molecule has 5 rings (SSSR count). The fraction of sp³-hybridized carbons (Fsp3) is 0.200. The number of benzene rings is 2. The molecule has 7 nitrogen and oxygen atoms in total. The van der Waals surface area contributed by atoms with Crippen molar-refractivity contribution in [2.24, 2.45) is 0 Å². The van der Waals surface area contributed by atoms with E-state index in [-0.39, 0.29) is 6.03 Å². The van der Waals surface area contributed by atoms with Crippen molar-refractivity contribution in [1.29, 1.82) is 0 Å². The second-order valence-electron chi connectivity index (χ2n) is 7.64. The molecule has 32 heavy (non-hydrogen) atoms. The van der Waals surface area contributed by atoms with E-state index in [1.807, 2.05) is 48.7 Å². The summed E-state index contributed by atoms with van der Waals surface area (Å²) in [5, 5.41) is 2.70. The third kappa shape index (κ3) is 3.62. The Bertz CT molecular complexity index is 1280. The first-order valence-electron chi connectivity index (χ1n) is 10.5. The molecule has 1 N–H and O–H groups in total. The van der Waals surface area contributed by atoms with E-state index in [0.29, 0.717) is 19.7 Å². The number of hydrogen-bond acceptors (Lipinski definition) is 4. The highest BCUT2D eigenvalue weighted by Gasteiger charge is 2.20. The molecule has 1 aliphatic rings. The molecule has 2 aromatic carbocycles. The van der Waals surface area contributed by atoms with E-state index >= 15 is 0 Å². The van der Waals surface area contributed by atoms with E-state index in [4.69, 9.17) is 14.5 Å². The van der Waals surface area contributed by atoms with Gasteiger partial charge >= 0.3 is 6.03 Å². The van der Waals surface area contributed by atoms with Gasteiger partial charge < -0.3 is 19.7 Å². The summed E-state index contributed by atoms with van der Waals surface area (Å²) in [6, 6.07) is 20.0. The molecule has 0 spiro atoms. The van der Waals surface area contributed by atoms with Gasteiger partial charge in [0.25, 0.3) is 0 Å². The molecule has 1 aliphatic heterocycles. The summed E-state index contributed by atoms with van der Waals surface area (Å²) in [6.07, 6.45) is 2.05. The number of rotatable bonds is 3. The van der Waals surface area contributed by atoms with Crippen LogP contribution in [0.5, 0.6) is 11.5 Å². The Kier molecular flexibility index (Phi) is 5.15. The molecule has 0 fully saturated rings. The number of amides is 2. The average molecular weight is 428 g/mol. The molecular formula is C25H24N4O3. The van der Waals surface area contributed by atoms with Crippen molar-refractivity contribution >= 4 is 11.7 Å². The van der Waals surface area contributed by atoms with Crippen molar-refractivity contribution in [1.82, 2.24) is 19.6 Å². The third-order valence-corrected chi connectivity index (χ3v) is 5.72. The van der Waals surface area contributed by atoms with E-state index in [9.17, 15) is 4.79 Å². The highest BCUT2D eigenvalue weighted by molar-refractivity contribution is 5.74. The summed E-state index contributed by atoms with van der Waals surface area (Å²) >= 11 is 0. The maximum atomic E-state index is 12.2. The monoisotopic (exact) mass is 428 g/mol. The molecule has 0 unspecified atom stereocenters. The number of ether oxygens (including phenoxy) is 2. The van der Waals surface area contributed by atoms with Crippen LogP contribution < -0.4 is 14.8 Å². The highest BCUT2D eigenvalue weighted by Crippen LogP contribution is 2.31. The Morgan fingerprint density at radius 1 is 1.09 bits per heavy atom. The Labute approximate surface area is 186 Å². The number of nitrogens with one attached hydrogen (secondary N) is 1. The standard InChI is InChI=1S/C25H24N4O3/c1-26-25(30)28-12-13-32-23-11-8-18(14-19(23)15-28)22-4-3-5-24-27-21(16-29(22)24)17-6-9-20(31-2)10-7-17/h3-11,14,16H,12-13,15H2,1-2H3,(H,26,30). The van der Waals surface area contributed by atoms with E-state index in [0.717, 1.165) is 45.2 Å². The van der Waals surface area contributed by atoms with Crippen molar-refractivity contribution in [3.8, 4) is 34.0 Å². The Morgan fingerprint density at radius 3 is 2.69 bits per heavy atom. The predicted molar refractivity (Wildman–Crippen MR) is 123 cm³/mol. The molecular weight excluding hydrogens is 404 g/mol. The second-order valence-corrected chi connectivity index (χ2v) is 7.64. The van der Waals surface area contributed by atoms with Gasteiger partial charge in [-0.15, -0.1) is 0 Å². The molecule has 4 aromatic rings. The molecule has 3 heterocycles. The molecule has 0 saturated heterocycles. The van der Waals surface area contributed by atoms with Crippen molar-refractivity contribution in [2.75, 3.05) is 27.3 Å². The van der Waals surface area contributed by atoms with Crippen LogP contribution in [0.2, 0.25) is 0 Å². The molecule has 0 atom stereocenters. The fourth-order valence-electron chi connectivity index (χ4n) is 4.03. The highest BCUT2D eigenvalue weighted by atomic mass is 16.5. The van der Waals surface area contributed by atoms with Gasteiger partial charge in [0.05, 0.1) is 31.6 Å². The van der Waals surface area contributed by atoms with Gasteiger partial charge in [-0.25, -0.2) is 9.78 Å². The lowest BCUT2D eigenvalue weighted by molar-refractivity contribution is 0.190. The zero-order valence-corrected chi connectivity index (χ0v) is 18.0. The lowest BCUT2D eigenvalue weighted by Crippen LogP contribution is -2.38. The van der Waals surface area contributed by atoms with Crippen LogP contribution in [0.25, 0.3) is 28.2 Å². The van der Waals surface area contributed by atoms with Gasteiger partial charge in [-0.2, -0.15) is 0 Å². The number of carbonyl (C=O) groups excluding carboxylic acids is 1. The summed E-state index contributed by atoms with van der Waals surface area (Å²) < 4.78 is 13.2. The van der Waals surface area contributed by atoms with Crippen LogP contribution in [0.4, 0.5) is 4.79 Å². The number of pyridine rings is 1. The molecule has 0 saturated carbocycles. The van der Waals surface area contributed by atoms with Crippen molar-refractivity contribution in [2.45, 2.75) is 6.54 Å². The fourth-order valence-corrected chi connectivity index (χ4v) is 4.03. The molecule has 0 bridgehead atoms. The van der Waals surface area contributed by atoms with Crippen molar-refractivity contribution in [3.05, 3.63) is 72.4 Å². The zero-order chi connectivity index (χ0) is 22.1. The number of hydrogen-bond donors (Lipinski definition) is 1. The number of aromatic nitrogens is 2. The smallest absolute Gasteiger partial charge is 0.317 e. The quantitative estimate of drug-likeness (QED) is 0.531. The van der Waals surface area contributed by atoms with Gasteiger partial charge in [-0.3, -0.25) is 4.40 Å². The number of carbonyl (C=O) groups is 1. The van der Waals surface area contributed by atoms with Crippen LogP contribution in [0.1, 0.15) is 5.56 Å². The van der Waals surface area contributed by atoms with E-state index in [1.165, 1.54) is 0 Å². The normalized spacial score (nSPS) is 13.2. The summed E-state index contributed by atoms with van der Waals surface area (Å²) in [7, 11) is 3.30. The van der Waals surface area contributed by atoms with E-state index in [2.05, 4.69) is 27.9 Å². The SMILES string of the molecule is CNC(=O)N1CCOc2ccc(-c3cccc4nc(-c5ccc(OC)cc5)cn34)cc2C1. The first-order valence-corrected chi connectivity index (χ1v) is 10.5. The minimum Gasteiger partial charge on any atom is -0.497 e. The second kappa shape index (κ2) is 8.26. The summed E-state index contributed by atoms with van der Waals surface area (Å²) in [6.45, 7) is 1.52. The van der Waals surface area contributed by atoms with Crippen LogP contribution in [0.15, 0.2) is 66.9 Å². The number of nitrogens with zero attached hydrogens (tertiary/aromatic N) is 3. The molecule has 2 aromatic heterocycles. The van der Waals surface area contributed by atoms with Gasteiger partial charge in [0, 0.05) is 24.4 Å². The van der Waals surface area contributed by atoms with Crippen LogP contribution >= 0.6 is 0 Å². The number of fused-ring (bicyclic) bond motifs is 2. The Morgan fingerprint density at radius 2 is 1.91 bits per heavy atom. The number of imidazole rings is 1. The van der Waals surface area contributed by atoms with Crippen molar-refractivity contribution < 1.29 is 14.3 Å². The van der Waals surface area contributed by atoms with Gasteiger partial charge in [-0.05, 0) is 60.2 Å². The molecule has 0 aliphatic carbocycles. The van der Waals surface area contributed by atoms with Crippen LogP contribution in [0, 0.1) is 0 Å². The summed E-state index contributed by atoms with van der Waals surface area (Å²) in [5.74, 6) is 1.63. The maximum Gasteiger partial charge on any atom is 0.317 e. The van der Waals surface area contributed by atoms with Gasteiger partial charge in [-0.1, -0.05) is 6.07 Å². The lowest BCUT2D eigenvalue weighted by atomic mass is 10.1. The zero-order valence-electron chi connectivity index (χ0n) is 18.0. The first-order chi connectivity index (χ1) is 15.7. The molecule has 7 heteroatoms. The number of methoxy groups -OCH3 is 1. The van der Waals surface area contributed by atoms with Crippen LogP contribution in [-0.4, -0.2) is 47.6 Å². The van der Waals surface area contributed by atoms with Gasteiger partial charge in [0.2, 0.25) is 0 Å². The van der Waals surface area contributed by atoms with Crippen LogP contribution in [-0.2, 0) is 6.54 Å². The first kappa shape index (κ1) is 19.9. The minimum atomic E-state index is -0.104. The summed E-state index contributed by atoms with van der Waals surface area (Å²) in [5.41, 5.74) is 5.83. The third-order valence-electron chi connectivity index (χ3n) is 5.72. The Hall–Kier alpha value is -4.00. The predicted octanol–water partition coefficient (Wildman–Crippen LogP) is 4.21. The van der Waals surface area contributed by atoms with Gasteiger partial charge in [0.1, 0.15) is 23.8 Å². The van der Waals surface area contributed by atoms with E-state index < -0.39 is 0 Å². The Balaban J connectivity index is 1.54. The molecule has 2 amide bonds. The topological polar surface area (TPSA) is 68.1 Å². The lowest BCUT2D eigenvalue weighted by Gasteiger charge is -2.19. The van der Waals surface area contributed by atoms with Crippen molar-refractivity contribution in [3.63, 3.8) is 0 Å².